The fraction of sp³-hybridized carbons (Fsp3) is 0.278. The van der Waals surface area contributed by atoms with E-state index in [-0.39, 0.29) is 5.56 Å². The number of aromatic nitrogens is 2. The highest BCUT2D eigenvalue weighted by Gasteiger charge is 2.21. The molecule has 11 heteroatoms. The second kappa shape index (κ2) is 8.97. The summed E-state index contributed by atoms with van der Waals surface area (Å²) in [6, 6.07) is 3.12. The van der Waals surface area contributed by atoms with Crippen LogP contribution in [0.3, 0.4) is 0 Å². The Hall–Kier alpha value is -3.05. The molecule has 0 saturated heterocycles. The van der Waals surface area contributed by atoms with Crippen molar-refractivity contribution in [3.8, 4) is 10.4 Å². The number of ether oxygens (including phenoxy) is 1. The molecule has 1 atom stereocenters. The van der Waals surface area contributed by atoms with Crippen molar-refractivity contribution >= 4 is 50.8 Å². The summed E-state index contributed by atoms with van der Waals surface area (Å²) in [5.41, 5.74) is 0.408. The number of nitrogens with one attached hydrogen (secondary N) is 2. The molecule has 0 saturated carbocycles. The summed E-state index contributed by atoms with van der Waals surface area (Å²) in [5.74, 6) is -1.55. The van der Waals surface area contributed by atoms with Gasteiger partial charge in [0.2, 0.25) is 0 Å². The molecule has 0 radical (unpaired) electrons. The number of rotatable bonds is 6. The molecule has 0 spiro atoms. The average molecular weight is 434 g/mol. The van der Waals surface area contributed by atoms with Crippen molar-refractivity contribution in [3.05, 3.63) is 39.6 Å². The Bertz CT molecular complexity index is 1100. The molecule has 0 fully saturated rings. The molecule has 0 aliphatic heterocycles. The van der Waals surface area contributed by atoms with E-state index in [4.69, 9.17) is 4.74 Å². The van der Waals surface area contributed by atoms with E-state index in [1.165, 1.54) is 35.9 Å². The van der Waals surface area contributed by atoms with Crippen LogP contribution in [0.4, 0.5) is 4.79 Å². The van der Waals surface area contributed by atoms with Gasteiger partial charge >= 0.3 is 12.0 Å². The smallest absolute Gasteiger partial charge is 0.326 e. The molecular weight excluding hydrogens is 416 g/mol. The van der Waals surface area contributed by atoms with Gasteiger partial charge in [0.05, 0.1) is 11.7 Å². The van der Waals surface area contributed by atoms with Gasteiger partial charge in [-0.3, -0.25) is 24.3 Å². The van der Waals surface area contributed by atoms with Crippen molar-refractivity contribution in [1.29, 1.82) is 0 Å². The lowest BCUT2D eigenvalue weighted by atomic mass is 10.2. The highest BCUT2D eigenvalue weighted by molar-refractivity contribution is 7.18. The van der Waals surface area contributed by atoms with Crippen LogP contribution in [0.15, 0.2) is 34.0 Å². The number of urea groups is 1. The van der Waals surface area contributed by atoms with E-state index in [1.54, 1.807) is 6.92 Å². The van der Waals surface area contributed by atoms with Gasteiger partial charge in [-0.05, 0) is 25.3 Å². The summed E-state index contributed by atoms with van der Waals surface area (Å²) in [6.07, 6.45) is 0.0837. The number of fused-ring (bicyclic) bond motifs is 1. The minimum atomic E-state index is -1.19. The Labute approximate surface area is 173 Å². The molecule has 3 aromatic rings. The number of esters is 1. The lowest BCUT2D eigenvalue weighted by Gasteiger charge is -2.13. The maximum absolute atomic E-state index is 12.9. The second-order valence-electron chi connectivity index (χ2n) is 5.97. The van der Waals surface area contributed by atoms with Crippen LogP contribution in [0, 0.1) is 0 Å². The van der Waals surface area contributed by atoms with Crippen molar-refractivity contribution in [2.45, 2.75) is 26.5 Å². The molecule has 3 rings (SSSR count). The van der Waals surface area contributed by atoms with Crippen molar-refractivity contribution in [2.75, 3.05) is 6.54 Å². The molecule has 3 amide bonds. The quantitative estimate of drug-likeness (QED) is 0.573. The zero-order valence-corrected chi connectivity index (χ0v) is 17.3. The van der Waals surface area contributed by atoms with Crippen molar-refractivity contribution in [2.24, 2.45) is 0 Å². The Kier molecular flexibility index (Phi) is 6.39. The Balaban J connectivity index is 1.73. The molecule has 29 heavy (non-hydrogen) atoms. The number of thiophene rings is 2. The van der Waals surface area contributed by atoms with Gasteiger partial charge in [-0.1, -0.05) is 6.07 Å². The van der Waals surface area contributed by atoms with Crippen molar-refractivity contribution < 1.29 is 19.1 Å². The maximum Gasteiger partial charge on any atom is 0.326 e. The summed E-state index contributed by atoms with van der Waals surface area (Å²) >= 11 is 2.86. The standard InChI is InChI=1S/C18H18N4O5S2/c1-3-19-18(26)21-15(24)10(2)27-13(23)7-22-9-20-16-14(17(22)25)11(8-29-16)12-5-4-6-28-12/h4-6,8-10H,3,7H2,1-2H3,(H2,19,21,24,26). The number of hydrogen-bond donors (Lipinski definition) is 2. The number of hydrogen-bond acceptors (Lipinski definition) is 8. The monoisotopic (exact) mass is 434 g/mol. The summed E-state index contributed by atoms with van der Waals surface area (Å²) in [6.45, 7) is 2.99. The van der Waals surface area contributed by atoms with Crippen LogP contribution in [0.2, 0.25) is 0 Å². The van der Waals surface area contributed by atoms with Crippen LogP contribution in [0.1, 0.15) is 13.8 Å². The Morgan fingerprint density at radius 3 is 2.79 bits per heavy atom. The molecule has 0 aliphatic carbocycles. The van der Waals surface area contributed by atoms with E-state index in [0.29, 0.717) is 16.8 Å². The normalized spacial score (nSPS) is 11.8. The first kappa shape index (κ1) is 20.7. The zero-order chi connectivity index (χ0) is 21.0. The number of imide groups is 1. The minimum Gasteiger partial charge on any atom is -0.451 e. The highest BCUT2D eigenvalue weighted by Crippen LogP contribution is 2.33. The molecule has 3 aromatic heterocycles. The third-order valence-corrected chi connectivity index (χ3v) is 5.69. The van der Waals surface area contributed by atoms with Crippen molar-refractivity contribution in [3.63, 3.8) is 0 Å². The molecule has 2 N–H and O–H groups in total. The lowest BCUT2D eigenvalue weighted by molar-refractivity contribution is -0.155. The first-order valence-electron chi connectivity index (χ1n) is 8.69. The van der Waals surface area contributed by atoms with Gasteiger partial charge in [-0.15, -0.1) is 22.7 Å². The van der Waals surface area contributed by atoms with Crippen LogP contribution < -0.4 is 16.2 Å². The summed E-state index contributed by atoms with van der Waals surface area (Å²) in [4.78, 5) is 54.1. The molecular formula is C18H18N4O5S2. The van der Waals surface area contributed by atoms with Gasteiger partial charge in [-0.25, -0.2) is 9.78 Å². The van der Waals surface area contributed by atoms with E-state index < -0.39 is 30.6 Å². The van der Waals surface area contributed by atoms with E-state index in [9.17, 15) is 19.2 Å². The number of amides is 3. The van der Waals surface area contributed by atoms with Crippen LogP contribution >= 0.6 is 22.7 Å². The fourth-order valence-electron chi connectivity index (χ4n) is 2.54. The van der Waals surface area contributed by atoms with Gasteiger partial charge in [0.1, 0.15) is 11.4 Å². The van der Waals surface area contributed by atoms with Gasteiger partial charge in [-0.2, -0.15) is 0 Å². The third kappa shape index (κ3) is 4.69. The first-order valence-corrected chi connectivity index (χ1v) is 10.4. The van der Waals surface area contributed by atoms with Crippen LogP contribution in [-0.4, -0.2) is 40.1 Å². The van der Waals surface area contributed by atoms with Crippen molar-refractivity contribution in [1.82, 2.24) is 20.2 Å². The van der Waals surface area contributed by atoms with E-state index in [1.807, 2.05) is 22.9 Å². The van der Waals surface area contributed by atoms with E-state index in [0.717, 1.165) is 15.0 Å². The van der Waals surface area contributed by atoms with Crippen LogP contribution in [0.5, 0.6) is 0 Å². The third-order valence-electron chi connectivity index (χ3n) is 3.90. The molecule has 0 aliphatic rings. The van der Waals surface area contributed by atoms with Gasteiger partial charge < -0.3 is 10.1 Å². The Morgan fingerprint density at radius 2 is 2.10 bits per heavy atom. The van der Waals surface area contributed by atoms with E-state index in [2.05, 4.69) is 15.6 Å². The predicted molar refractivity (Wildman–Crippen MR) is 110 cm³/mol. The number of carbonyl (C=O) groups excluding carboxylic acids is 3. The lowest BCUT2D eigenvalue weighted by Crippen LogP contribution is -2.45. The van der Waals surface area contributed by atoms with Gasteiger partial charge in [0.15, 0.2) is 6.10 Å². The first-order chi connectivity index (χ1) is 13.9. The molecule has 3 heterocycles. The fourth-order valence-corrected chi connectivity index (χ4v) is 4.26. The second-order valence-corrected chi connectivity index (χ2v) is 7.77. The number of nitrogens with zero attached hydrogens (tertiary/aromatic N) is 2. The molecule has 0 aromatic carbocycles. The largest absolute Gasteiger partial charge is 0.451 e. The summed E-state index contributed by atoms with van der Waals surface area (Å²) in [7, 11) is 0. The van der Waals surface area contributed by atoms with Crippen LogP contribution in [0.25, 0.3) is 20.7 Å². The van der Waals surface area contributed by atoms with E-state index >= 15 is 0 Å². The average Bonchev–Trinajstić information content (AvgIpc) is 3.33. The number of carbonyl (C=O) groups is 3. The maximum atomic E-state index is 12.9. The minimum absolute atomic E-state index is 0.349. The highest BCUT2D eigenvalue weighted by atomic mass is 32.1. The summed E-state index contributed by atoms with van der Waals surface area (Å²) in [5, 5.41) is 8.68. The summed E-state index contributed by atoms with van der Waals surface area (Å²) < 4.78 is 6.17. The van der Waals surface area contributed by atoms with Crippen LogP contribution in [-0.2, 0) is 20.9 Å². The molecule has 1 unspecified atom stereocenters. The SMILES string of the molecule is CCNC(=O)NC(=O)C(C)OC(=O)Cn1cnc2scc(-c3cccs3)c2c1=O. The predicted octanol–water partition coefficient (Wildman–Crippen LogP) is 1.96. The zero-order valence-electron chi connectivity index (χ0n) is 15.6. The topological polar surface area (TPSA) is 119 Å². The Morgan fingerprint density at radius 1 is 1.31 bits per heavy atom. The molecule has 0 bridgehead atoms. The molecule has 152 valence electrons. The van der Waals surface area contributed by atoms with Gasteiger partial charge in [0.25, 0.3) is 11.5 Å². The molecule has 9 nitrogen and oxygen atoms in total. The van der Waals surface area contributed by atoms with Gasteiger partial charge in [0, 0.05) is 22.4 Å².